The van der Waals surface area contributed by atoms with E-state index in [4.69, 9.17) is 23.2 Å². The molecule has 0 saturated carbocycles. The fourth-order valence-electron chi connectivity index (χ4n) is 5.83. The minimum Gasteiger partial charge on any atom is -0.481 e. The predicted molar refractivity (Wildman–Crippen MR) is 144 cm³/mol. The van der Waals surface area contributed by atoms with Crippen LogP contribution in [0.5, 0.6) is 0 Å². The van der Waals surface area contributed by atoms with Crippen LogP contribution >= 0.6 is 23.2 Å². The van der Waals surface area contributed by atoms with Gasteiger partial charge in [-0.05, 0) is 54.7 Å². The molecule has 1 amide bonds. The molecule has 2 heterocycles. The van der Waals surface area contributed by atoms with Gasteiger partial charge in [0.25, 0.3) is 0 Å². The molecule has 2 aliphatic rings. The van der Waals surface area contributed by atoms with Crippen molar-refractivity contribution in [3.63, 3.8) is 0 Å². The van der Waals surface area contributed by atoms with Gasteiger partial charge in [-0.1, -0.05) is 61.3 Å². The molecule has 0 spiro atoms. The molecule has 200 valence electrons. The molecule has 4 atom stereocenters. The van der Waals surface area contributed by atoms with Gasteiger partial charge < -0.3 is 10.0 Å². The second-order valence-electron chi connectivity index (χ2n) is 10.3. The van der Waals surface area contributed by atoms with E-state index in [-0.39, 0.29) is 30.5 Å². The third kappa shape index (κ3) is 5.82. The first-order valence-electron chi connectivity index (χ1n) is 12.5. The Morgan fingerprint density at radius 2 is 1.84 bits per heavy atom. The number of aliphatic carboxylic acids is 1. The lowest BCUT2D eigenvalue weighted by atomic mass is 9.67. The molecule has 2 saturated heterocycles. The predicted octanol–water partition coefficient (Wildman–Crippen LogP) is 5.35. The minimum atomic E-state index is -3.39. The number of amides is 1. The van der Waals surface area contributed by atoms with Crippen molar-refractivity contribution in [2.75, 3.05) is 18.8 Å². The summed E-state index contributed by atoms with van der Waals surface area (Å²) < 4.78 is 26.8. The maximum atomic E-state index is 14.3. The van der Waals surface area contributed by atoms with Crippen molar-refractivity contribution in [1.82, 2.24) is 9.21 Å². The summed E-state index contributed by atoms with van der Waals surface area (Å²) in [6.45, 7) is 4.21. The SMILES string of the molecule is CCC(CN1CCCS1(=O)=O)N1C(=O)[C@@](C)(CC(=O)O)CC(c2cccc(Cl)c2)[C@H]1c1ccc(Cl)cc1. The van der Waals surface area contributed by atoms with Gasteiger partial charge in [0.2, 0.25) is 15.9 Å². The van der Waals surface area contributed by atoms with E-state index in [0.717, 1.165) is 11.1 Å². The Bertz CT molecular complexity index is 1270. The number of halogens is 2. The fraction of sp³-hybridized carbons (Fsp3) is 0.481. The molecule has 0 radical (unpaired) electrons. The summed E-state index contributed by atoms with van der Waals surface area (Å²) in [6, 6.07) is 13.8. The Balaban J connectivity index is 1.88. The number of likely N-dealkylation sites (tertiary alicyclic amines) is 1. The number of nitrogens with zero attached hydrogens (tertiary/aromatic N) is 2. The first-order valence-corrected chi connectivity index (χ1v) is 14.8. The van der Waals surface area contributed by atoms with E-state index in [9.17, 15) is 23.1 Å². The van der Waals surface area contributed by atoms with Gasteiger partial charge in [0.15, 0.2) is 0 Å². The number of carboxylic acids is 1. The largest absolute Gasteiger partial charge is 0.481 e. The average molecular weight is 568 g/mol. The van der Waals surface area contributed by atoms with Gasteiger partial charge >= 0.3 is 5.97 Å². The van der Waals surface area contributed by atoms with Gasteiger partial charge in [0.1, 0.15) is 0 Å². The van der Waals surface area contributed by atoms with Crippen molar-refractivity contribution >= 4 is 45.1 Å². The van der Waals surface area contributed by atoms with Crippen LogP contribution in [0.4, 0.5) is 0 Å². The van der Waals surface area contributed by atoms with Crippen molar-refractivity contribution < 1.29 is 23.1 Å². The molecule has 2 aromatic carbocycles. The zero-order valence-corrected chi connectivity index (χ0v) is 23.3. The monoisotopic (exact) mass is 566 g/mol. The van der Waals surface area contributed by atoms with E-state index in [2.05, 4.69) is 0 Å². The van der Waals surface area contributed by atoms with E-state index in [1.807, 2.05) is 37.3 Å². The molecule has 1 N–H and O–H groups in total. The zero-order valence-electron chi connectivity index (χ0n) is 20.9. The molecule has 4 rings (SSSR count). The summed E-state index contributed by atoms with van der Waals surface area (Å²) >= 11 is 12.6. The Kier molecular flexibility index (Phi) is 8.24. The number of piperidine rings is 1. The van der Waals surface area contributed by atoms with Crippen LogP contribution < -0.4 is 0 Å². The van der Waals surface area contributed by atoms with Crippen molar-refractivity contribution in [3.8, 4) is 0 Å². The van der Waals surface area contributed by atoms with Crippen molar-refractivity contribution in [1.29, 1.82) is 0 Å². The Hall–Kier alpha value is -2.13. The van der Waals surface area contributed by atoms with Crippen molar-refractivity contribution in [2.24, 2.45) is 5.41 Å². The Labute approximate surface area is 228 Å². The maximum Gasteiger partial charge on any atom is 0.304 e. The summed E-state index contributed by atoms with van der Waals surface area (Å²) in [6.07, 6.45) is 1.04. The molecular formula is C27H32Cl2N2O5S. The molecule has 37 heavy (non-hydrogen) atoms. The van der Waals surface area contributed by atoms with Gasteiger partial charge in [-0.3, -0.25) is 9.59 Å². The highest BCUT2D eigenvalue weighted by atomic mass is 35.5. The molecule has 0 aromatic heterocycles. The molecule has 2 aliphatic heterocycles. The topological polar surface area (TPSA) is 95.0 Å². The van der Waals surface area contributed by atoms with E-state index in [0.29, 0.717) is 35.9 Å². The van der Waals surface area contributed by atoms with Crippen molar-refractivity contribution in [2.45, 2.75) is 57.5 Å². The number of carbonyl (C=O) groups excluding carboxylic acids is 1. The lowest BCUT2D eigenvalue weighted by Crippen LogP contribution is -2.58. The third-order valence-electron chi connectivity index (χ3n) is 7.61. The highest BCUT2D eigenvalue weighted by Gasteiger charge is 2.52. The summed E-state index contributed by atoms with van der Waals surface area (Å²) in [7, 11) is -3.39. The number of benzene rings is 2. The normalized spacial score (nSPS) is 26.8. The van der Waals surface area contributed by atoms with Crippen LogP contribution in [0.3, 0.4) is 0 Å². The van der Waals surface area contributed by atoms with Crippen LogP contribution in [0.2, 0.25) is 10.0 Å². The van der Waals surface area contributed by atoms with E-state index < -0.39 is 33.5 Å². The van der Waals surface area contributed by atoms with E-state index >= 15 is 0 Å². The van der Waals surface area contributed by atoms with Crippen LogP contribution in [0.15, 0.2) is 48.5 Å². The Morgan fingerprint density at radius 1 is 1.14 bits per heavy atom. The molecule has 7 nitrogen and oxygen atoms in total. The maximum absolute atomic E-state index is 14.3. The summed E-state index contributed by atoms with van der Waals surface area (Å²) in [5.41, 5.74) is 0.562. The fourth-order valence-corrected chi connectivity index (χ4v) is 7.71. The van der Waals surface area contributed by atoms with Crippen LogP contribution in [-0.4, -0.2) is 59.5 Å². The number of hydrogen-bond donors (Lipinski definition) is 1. The molecule has 0 aliphatic carbocycles. The van der Waals surface area contributed by atoms with E-state index in [1.165, 1.54) is 4.31 Å². The van der Waals surface area contributed by atoms with Crippen LogP contribution in [0.25, 0.3) is 0 Å². The Morgan fingerprint density at radius 3 is 2.41 bits per heavy atom. The van der Waals surface area contributed by atoms with E-state index in [1.54, 1.807) is 30.0 Å². The molecule has 0 bridgehead atoms. The second kappa shape index (κ2) is 10.9. The number of hydrogen-bond acceptors (Lipinski definition) is 4. The van der Waals surface area contributed by atoms with Gasteiger partial charge in [-0.2, -0.15) is 4.31 Å². The lowest BCUT2D eigenvalue weighted by molar-refractivity contribution is -0.160. The number of rotatable bonds is 8. The lowest BCUT2D eigenvalue weighted by Gasteiger charge is -2.52. The van der Waals surface area contributed by atoms with Gasteiger partial charge in [0, 0.05) is 35.1 Å². The summed E-state index contributed by atoms with van der Waals surface area (Å²) in [5.74, 6) is -1.51. The quantitative estimate of drug-likeness (QED) is 0.465. The van der Waals surface area contributed by atoms with Gasteiger partial charge in [0.05, 0.1) is 23.6 Å². The van der Waals surface area contributed by atoms with Crippen LogP contribution in [-0.2, 0) is 19.6 Å². The summed E-state index contributed by atoms with van der Waals surface area (Å²) in [5, 5.41) is 10.9. The number of sulfonamides is 1. The van der Waals surface area contributed by atoms with Gasteiger partial charge in [-0.25, -0.2) is 8.42 Å². The van der Waals surface area contributed by atoms with Gasteiger partial charge in [-0.15, -0.1) is 0 Å². The highest BCUT2D eigenvalue weighted by molar-refractivity contribution is 7.89. The molecule has 2 aromatic rings. The minimum absolute atomic E-state index is 0.0971. The van der Waals surface area contributed by atoms with Crippen LogP contribution in [0, 0.1) is 5.41 Å². The average Bonchev–Trinajstić information content (AvgIpc) is 3.17. The first-order chi connectivity index (χ1) is 17.4. The molecule has 2 fully saturated rings. The second-order valence-corrected chi connectivity index (χ2v) is 13.3. The third-order valence-corrected chi connectivity index (χ3v) is 10.0. The molecule has 10 heteroatoms. The first kappa shape index (κ1) is 27.9. The molecule has 2 unspecified atom stereocenters. The van der Waals surface area contributed by atoms with Crippen molar-refractivity contribution in [3.05, 3.63) is 69.7 Å². The standard InChI is InChI=1S/C27H32Cl2N2O5S/c1-3-22(17-30-12-5-13-37(30,35)36)31-25(18-8-10-20(28)11-9-18)23(19-6-4-7-21(29)14-19)15-27(2,26(31)34)16-24(32)33/h4,6-11,14,22-23,25H,3,5,12-13,15-17H2,1-2H3,(H,32,33)/t22?,23?,25-,27-/m1/s1. The number of carbonyl (C=O) groups is 2. The highest BCUT2D eigenvalue weighted by Crippen LogP contribution is 2.52. The zero-order chi connectivity index (χ0) is 27.0. The number of carboxylic acid groups (broad SMARTS) is 1. The smallest absolute Gasteiger partial charge is 0.304 e. The van der Waals surface area contributed by atoms with Crippen LogP contribution in [0.1, 0.15) is 62.6 Å². The summed E-state index contributed by atoms with van der Waals surface area (Å²) in [4.78, 5) is 27.9. The molecular weight excluding hydrogens is 535 g/mol.